The highest BCUT2D eigenvalue weighted by Gasteiger charge is 2.59. The zero-order valence-electron chi connectivity index (χ0n) is 12.5. The molecule has 2 heterocycles. The van der Waals surface area contributed by atoms with E-state index in [4.69, 9.17) is 4.99 Å². The third-order valence-corrected chi connectivity index (χ3v) is 7.49. The van der Waals surface area contributed by atoms with Crippen LogP contribution in [0.15, 0.2) is 28.9 Å². The first-order valence-electron chi connectivity index (χ1n) is 8.00. The van der Waals surface area contributed by atoms with Crippen molar-refractivity contribution in [2.75, 3.05) is 5.75 Å². The van der Waals surface area contributed by atoms with Crippen molar-refractivity contribution in [2.24, 2.45) is 28.7 Å². The molecule has 4 aliphatic rings. The van der Waals surface area contributed by atoms with Crippen LogP contribution in [0.2, 0.25) is 0 Å². The second-order valence-corrected chi connectivity index (χ2v) is 8.11. The highest BCUT2D eigenvalue weighted by atomic mass is 35.5. The van der Waals surface area contributed by atoms with Gasteiger partial charge in [-0.15, -0.1) is 24.2 Å². The molecule has 22 heavy (non-hydrogen) atoms. The van der Waals surface area contributed by atoms with Crippen LogP contribution in [0.25, 0.3) is 0 Å². The van der Waals surface area contributed by atoms with Crippen molar-refractivity contribution < 1.29 is 9.90 Å². The van der Waals surface area contributed by atoms with Gasteiger partial charge in [0.1, 0.15) is 0 Å². The van der Waals surface area contributed by atoms with Gasteiger partial charge in [-0.05, 0) is 31.3 Å². The standard InChI is InChI=1S/C17H21NO2S.ClH/c19-16(20)13-10-21-17-8-4-3-7-14(17)18-9-12(15(13)17)11-5-1-2-6-11;/h3-4,7,9,11-13,15H,1-2,5-6,8,10H2,(H,19,20);1H. The number of aliphatic carboxylic acids is 1. The second-order valence-electron chi connectivity index (χ2n) is 6.76. The number of hydrogen-bond acceptors (Lipinski definition) is 3. The molecule has 4 unspecified atom stereocenters. The number of thioether (sulfide) groups is 1. The number of hydrogen-bond donors (Lipinski definition) is 1. The summed E-state index contributed by atoms with van der Waals surface area (Å²) in [5, 5.41) is 9.70. The Morgan fingerprint density at radius 1 is 1.36 bits per heavy atom. The van der Waals surface area contributed by atoms with Gasteiger partial charge < -0.3 is 5.11 Å². The van der Waals surface area contributed by atoms with Crippen molar-refractivity contribution in [1.29, 1.82) is 0 Å². The molecule has 1 N–H and O–H groups in total. The van der Waals surface area contributed by atoms with Crippen LogP contribution < -0.4 is 0 Å². The summed E-state index contributed by atoms with van der Waals surface area (Å²) >= 11 is 1.84. The van der Waals surface area contributed by atoms with Gasteiger partial charge in [0, 0.05) is 23.8 Å². The average Bonchev–Trinajstić information content (AvgIpc) is 3.13. The summed E-state index contributed by atoms with van der Waals surface area (Å²) < 4.78 is -0.0696. The van der Waals surface area contributed by atoms with Crippen LogP contribution in [0.5, 0.6) is 0 Å². The van der Waals surface area contributed by atoms with Crippen molar-refractivity contribution in [3.63, 3.8) is 0 Å². The second kappa shape index (κ2) is 6.04. The van der Waals surface area contributed by atoms with Gasteiger partial charge in [0.2, 0.25) is 0 Å². The van der Waals surface area contributed by atoms with E-state index in [0.717, 1.165) is 17.9 Å². The Bertz CT molecular complexity index is 553. The molecule has 5 heteroatoms. The Labute approximate surface area is 141 Å². The Balaban J connectivity index is 0.00000144. The minimum Gasteiger partial charge on any atom is -0.481 e. The van der Waals surface area contributed by atoms with E-state index in [1.807, 2.05) is 11.8 Å². The monoisotopic (exact) mass is 339 g/mol. The van der Waals surface area contributed by atoms with Crippen LogP contribution in [0.1, 0.15) is 32.1 Å². The van der Waals surface area contributed by atoms with E-state index in [2.05, 4.69) is 24.4 Å². The van der Waals surface area contributed by atoms with Gasteiger partial charge in [0.25, 0.3) is 0 Å². The normalized spacial score (nSPS) is 39.8. The Kier molecular flexibility index (Phi) is 4.43. The van der Waals surface area contributed by atoms with E-state index in [9.17, 15) is 9.90 Å². The summed E-state index contributed by atoms with van der Waals surface area (Å²) in [6.45, 7) is 0. The van der Waals surface area contributed by atoms with Gasteiger partial charge in [-0.3, -0.25) is 9.79 Å². The number of rotatable bonds is 2. The lowest BCUT2D eigenvalue weighted by Crippen LogP contribution is -2.47. The molecular weight excluding hydrogens is 318 g/mol. The maximum Gasteiger partial charge on any atom is 0.307 e. The first-order valence-corrected chi connectivity index (χ1v) is 8.99. The smallest absolute Gasteiger partial charge is 0.307 e. The molecule has 0 bridgehead atoms. The molecule has 0 aromatic heterocycles. The summed E-state index contributed by atoms with van der Waals surface area (Å²) in [4.78, 5) is 16.6. The zero-order chi connectivity index (χ0) is 14.4. The SMILES string of the molecule is Cl.O=C(O)C1CSC23CC=CC=C2N=CC(C2CCCC2)C13. The fourth-order valence-electron chi connectivity index (χ4n) is 4.82. The number of carboxylic acid groups (broad SMARTS) is 1. The highest BCUT2D eigenvalue weighted by molar-refractivity contribution is 8.01. The van der Waals surface area contributed by atoms with Gasteiger partial charge in [0.05, 0.1) is 16.4 Å². The zero-order valence-corrected chi connectivity index (χ0v) is 14.1. The average molecular weight is 340 g/mol. The van der Waals surface area contributed by atoms with Crippen molar-refractivity contribution in [3.05, 3.63) is 23.9 Å². The summed E-state index contributed by atoms with van der Waals surface area (Å²) in [5.41, 5.74) is 1.11. The third kappa shape index (κ3) is 2.26. The highest BCUT2D eigenvalue weighted by Crippen LogP contribution is 2.60. The van der Waals surface area contributed by atoms with Crippen molar-refractivity contribution in [3.8, 4) is 0 Å². The lowest BCUT2D eigenvalue weighted by molar-refractivity contribution is -0.143. The molecule has 0 aromatic carbocycles. The van der Waals surface area contributed by atoms with E-state index in [1.54, 1.807) is 0 Å². The Hall–Kier alpha value is -0.740. The molecule has 0 amide bonds. The molecule has 2 fully saturated rings. The molecule has 1 saturated carbocycles. The van der Waals surface area contributed by atoms with E-state index in [-0.39, 0.29) is 29.0 Å². The molecule has 2 aliphatic carbocycles. The lowest BCUT2D eigenvalue weighted by Gasteiger charge is -2.45. The summed E-state index contributed by atoms with van der Waals surface area (Å²) in [6.07, 6.45) is 14.5. The summed E-state index contributed by atoms with van der Waals surface area (Å²) in [5.74, 6) is 1.11. The topological polar surface area (TPSA) is 49.7 Å². The fraction of sp³-hybridized carbons (Fsp3) is 0.647. The Morgan fingerprint density at radius 2 is 2.14 bits per heavy atom. The van der Waals surface area contributed by atoms with Crippen LogP contribution in [0, 0.1) is 23.7 Å². The van der Waals surface area contributed by atoms with Crippen LogP contribution >= 0.6 is 24.2 Å². The lowest BCUT2D eigenvalue weighted by atomic mass is 9.65. The van der Waals surface area contributed by atoms with E-state index in [1.165, 1.54) is 25.7 Å². The molecule has 4 rings (SSSR count). The van der Waals surface area contributed by atoms with Crippen molar-refractivity contribution >= 4 is 36.4 Å². The predicted molar refractivity (Wildman–Crippen MR) is 92.8 cm³/mol. The summed E-state index contributed by atoms with van der Waals surface area (Å²) in [6, 6.07) is 0. The van der Waals surface area contributed by atoms with Gasteiger partial charge in [0.15, 0.2) is 0 Å². The molecule has 4 atom stereocenters. The number of carboxylic acids is 1. The fourth-order valence-corrected chi connectivity index (χ4v) is 6.65. The van der Waals surface area contributed by atoms with Crippen LogP contribution in [0.4, 0.5) is 0 Å². The quantitative estimate of drug-likeness (QED) is 0.828. The van der Waals surface area contributed by atoms with Gasteiger partial charge in [-0.25, -0.2) is 0 Å². The van der Waals surface area contributed by atoms with Crippen LogP contribution in [-0.4, -0.2) is 27.8 Å². The molecule has 2 aliphatic heterocycles. The first-order chi connectivity index (χ1) is 10.2. The molecule has 3 nitrogen and oxygen atoms in total. The Morgan fingerprint density at radius 3 is 2.86 bits per heavy atom. The molecule has 0 radical (unpaired) electrons. The molecule has 1 saturated heterocycles. The molecular formula is C17H22ClNO2S. The van der Waals surface area contributed by atoms with E-state index >= 15 is 0 Å². The number of carbonyl (C=O) groups is 1. The molecule has 0 aromatic rings. The van der Waals surface area contributed by atoms with Gasteiger partial charge in [-0.2, -0.15) is 0 Å². The first kappa shape index (κ1) is 16.1. The molecule has 1 spiro atoms. The van der Waals surface area contributed by atoms with E-state index < -0.39 is 5.97 Å². The number of nitrogens with zero attached hydrogens (tertiary/aromatic N) is 1. The van der Waals surface area contributed by atoms with E-state index in [0.29, 0.717) is 11.8 Å². The minimum absolute atomic E-state index is 0. The van der Waals surface area contributed by atoms with Gasteiger partial charge in [-0.1, -0.05) is 25.0 Å². The van der Waals surface area contributed by atoms with Gasteiger partial charge >= 0.3 is 5.97 Å². The summed E-state index contributed by atoms with van der Waals surface area (Å²) in [7, 11) is 0. The molecule has 120 valence electrons. The maximum absolute atomic E-state index is 11.8. The number of allylic oxidation sites excluding steroid dienone is 3. The largest absolute Gasteiger partial charge is 0.481 e. The van der Waals surface area contributed by atoms with Crippen molar-refractivity contribution in [1.82, 2.24) is 0 Å². The number of aliphatic imine (C=N–C) groups is 1. The predicted octanol–water partition coefficient (Wildman–Crippen LogP) is 3.95. The third-order valence-electron chi connectivity index (χ3n) is 5.80. The minimum atomic E-state index is -0.614. The number of halogens is 1. The van der Waals surface area contributed by atoms with Crippen LogP contribution in [0.3, 0.4) is 0 Å². The maximum atomic E-state index is 11.8. The van der Waals surface area contributed by atoms with Crippen molar-refractivity contribution in [2.45, 2.75) is 36.9 Å². The van der Waals surface area contributed by atoms with Crippen LogP contribution in [-0.2, 0) is 4.79 Å².